The van der Waals surface area contributed by atoms with E-state index in [1.54, 1.807) is 11.0 Å². The van der Waals surface area contributed by atoms with Gasteiger partial charge in [-0.25, -0.2) is 0 Å². The molecule has 0 spiro atoms. The quantitative estimate of drug-likeness (QED) is 0.835. The Morgan fingerprint density at radius 1 is 1.37 bits per heavy atom. The normalized spacial score (nSPS) is 18.6. The minimum atomic E-state index is -0.282. The number of rotatable bonds is 4. The number of nitrogens with one attached hydrogen (secondary N) is 2. The molecule has 0 unspecified atom stereocenters. The Bertz CT molecular complexity index is 487. The number of nitrogens with zero attached hydrogens (tertiary/aromatic N) is 2. The second kappa shape index (κ2) is 5.03. The predicted molar refractivity (Wildman–Crippen MR) is 68.7 cm³/mol. The Labute approximate surface area is 111 Å². The first-order valence-electron chi connectivity index (χ1n) is 6.85. The van der Waals surface area contributed by atoms with E-state index >= 15 is 0 Å². The summed E-state index contributed by atoms with van der Waals surface area (Å²) in [4.78, 5) is 25.4. The Balaban J connectivity index is 1.50. The summed E-state index contributed by atoms with van der Waals surface area (Å²) in [5.41, 5.74) is 1.40. The lowest BCUT2D eigenvalue weighted by Crippen LogP contribution is -2.38. The van der Waals surface area contributed by atoms with Gasteiger partial charge in [0.15, 0.2) is 0 Å². The van der Waals surface area contributed by atoms with Crippen molar-refractivity contribution in [1.82, 2.24) is 20.4 Å². The van der Waals surface area contributed by atoms with Gasteiger partial charge in [0.05, 0.1) is 6.54 Å². The van der Waals surface area contributed by atoms with E-state index in [0.29, 0.717) is 11.6 Å². The molecule has 1 aliphatic heterocycles. The van der Waals surface area contributed by atoms with Gasteiger partial charge in [-0.05, 0) is 31.7 Å². The third-order valence-electron chi connectivity index (χ3n) is 3.71. The number of H-pyrrole nitrogens is 1. The van der Waals surface area contributed by atoms with E-state index in [1.165, 1.54) is 0 Å². The molecular weight excluding hydrogens is 244 g/mol. The van der Waals surface area contributed by atoms with Crippen LogP contribution in [0.1, 0.15) is 47.8 Å². The summed E-state index contributed by atoms with van der Waals surface area (Å²) in [5, 5.41) is 9.51. The van der Waals surface area contributed by atoms with E-state index in [1.807, 2.05) is 0 Å². The van der Waals surface area contributed by atoms with Crippen LogP contribution in [-0.4, -0.2) is 46.5 Å². The molecule has 2 amide bonds. The van der Waals surface area contributed by atoms with E-state index < -0.39 is 0 Å². The summed E-state index contributed by atoms with van der Waals surface area (Å²) in [6, 6.07) is 1.79. The second-order valence-corrected chi connectivity index (χ2v) is 5.25. The molecule has 0 radical (unpaired) electrons. The third-order valence-corrected chi connectivity index (χ3v) is 3.71. The van der Waals surface area contributed by atoms with Gasteiger partial charge in [0.1, 0.15) is 5.69 Å². The Hall–Kier alpha value is -1.85. The minimum absolute atomic E-state index is 0.0104. The van der Waals surface area contributed by atoms with E-state index in [2.05, 4.69) is 15.5 Å². The smallest absolute Gasteiger partial charge is 0.272 e. The van der Waals surface area contributed by atoms with Crippen LogP contribution < -0.4 is 5.32 Å². The molecule has 2 N–H and O–H groups in total. The van der Waals surface area contributed by atoms with Crippen LogP contribution in [0.25, 0.3) is 0 Å². The van der Waals surface area contributed by atoms with Crippen molar-refractivity contribution < 1.29 is 9.59 Å². The zero-order chi connectivity index (χ0) is 13.2. The van der Waals surface area contributed by atoms with Gasteiger partial charge in [0.2, 0.25) is 5.91 Å². The lowest BCUT2D eigenvalue weighted by atomic mass is 10.2. The molecule has 102 valence electrons. The van der Waals surface area contributed by atoms with Gasteiger partial charge in [0, 0.05) is 24.7 Å². The number of hydrogen-bond donors (Lipinski definition) is 2. The molecule has 2 heterocycles. The topological polar surface area (TPSA) is 78.1 Å². The summed E-state index contributed by atoms with van der Waals surface area (Å²) in [7, 11) is 0. The van der Waals surface area contributed by atoms with Gasteiger partial charge in [-0.3, -0.25) is 14.7 Å². The Morgan fingerprint density at radius 3 is 2.79 bits per heavy atom. The molecular formula is C13H18N4O2. The summed E-state index contributed by atoms with van der Waals surface area (Å²) in [6.45, 7) is 1.68. The monoisotopic (exact) mass is 262 g/mol. The summed E-state index contributed by atoms with van der Waals surface area (Å²) in [6.07, 6.45) is 4.45. The van der Waals surface area contributed by atoms with Crippen LogP contribution in [0.4, 0.5) is 0 Å². The van der Waals surface area contributed by atoms with Crippen molar-refractivity contribution in [3.05, 3.63) is 17.5 Å². The fourth-order valence-electron chi connectivity index (χ4n) is 2.38. The number of amides is 2. The molecule has 1 aliphatic carbocycles. The van der Waals surface area contributed by atoms with Crippen molar-refractivity contribution in [3.63, 3.8) is 0 Å². The maximum absolute atomic E-state index is 11.9. The SMILES string of the molecule is O=C(NCC(=O)N1CCCC1)c1cc(C2CC2)[nH]n1. The number of hydrogen-bond acceptors (Lipinski definition) is 3. The van der Waals surface area contributed by atoms with Gasteiger partial charge in [-0.2, -0.15) is 5.10 Å². The van der Waals surface area contributed by atoms with Crippen LogP contribution in [0.5, 0.6) is 0 Å². The van der Waals surface area contributed by atoms with Crippen LogP contribution in [0, 0.1) is 0 Å². The number of carbonyl (C=O) groups excluding carboxylic acids is 2. The van der Waals surface area contributed by atoms with Gasteiger partial charge in [0.25, 0.3) is 5.91 Å². The zero-order valence-electron chi connectivity index (χ0n) is 10.8. The number of aromatic nitrogens is 2. The molecule has 1 aromatic rings. The van der Waals surface area contributed by atoms with Crippen molar-refractivity contribution in [2.45, 2.75) is 31.6 Å². The van der Waals surface area contributed by atoms with Crippen molar-refractivity contribution in [2.75, 3.05) is 19.6 Å². The molecule has 0 bridgehead atoms. The average molecular weight is 262 g/mol. The van der Waals surface area contributed by atoms with Crippen LogP contribution in [-0.2, 0) is 4.79 Å². The molecule has 2 fully saturated rings. The van der Waals surface area contributed by atoms with Gasteiger partial charge < -0.3 is 10.2 Å². The van der Waals surface area contributed by atoms with Crippen LogP contribution in [0.3, 0.4) is 0 Å². The van der Waals surface area contributed by atoms with Crippen molar-refractivity contribution in [1.29, 1.82) is 0 Å². The lowest BCUT2D eigenvalue weighted by molar-refractivity contribution is -0.129. The highest BCUT2D eigenvalue weighted by Gasteiger charge is 2.26. The molecule has 0 aromatic carbocycles. The van der Waals surface area contributed by atoms with Crippen LogP contribution in [0.15, 0.2) is 6.07 Å². The molecule has 1 saturated heterocycles. The predicted octanol–water partition coefficient (Wildman–Crippen LogP) is 0.639. The zero-order valence-corrected chi connectivity index (χ0v) is 10.8. The van der Waals surface area contributed by atoms with E-state index in [0.717, 1.165) is 44.5 Å². The van der Waals surface area contributed by atoms with Crippen LogP contribution in [0.2, 0.25) is 0 Å². The molecule has 6 heteroatoms. The third kappa shape index (κ3) is 2.77. The summed E-state index contributed by atoms with van der Waals surface area (Å²) in [5.74, 6) is 0.250. The number of likely N-dealkylation sites (tertiary alicyclic amines) is 1. The Morgan fingerprint density at radius 2 is 2.11 bits per heavy atom. The number of carbonyl (C=O) groups is 2. The van der Waals surface area contributed by atoms with E-state index in [9.17, 15) is 9.59 Å². The first-order valence-corrected chi connectivity index (χ1v) is 6.85. The standard InChI is InChI=1S/C13H18N4O2/c18-12(17-5-1-2-6-17)8-14-13(19)11-7-10(15-16-11)9-3-4-9/h7,9H,1-6,8H2,(H,14,19)(H,15,16). The van der Waals surface area contributed by atoms with E-state index in [-0.39, 0.29) is 18.4 Å². The van der Waals surface area contributed by atoms with Crippen molar-refractivity contribution >= 4 is 11.8 Å². The molecule has 3 rings (SSSR count). The largest absolute Gasteiger partial charge is 0.342 e. The maximum Gasteiger partial charge on any atom is 0.272 e. The molecule has 6 nitrogen and oxygen atoms in total. The molecule has 1 aromatic heterocycles. The van der Waals surface area contributed by atoms with Crippen molar-refractivity contribution in [3.8, 4) is 0 Å². The van der Waals surface area contributed by atoms with Crippen LogP contribution >= 0.6 is 0 Å². The highest BCUT2D eigenvalue weighted by atomic mass is 16.2. The highest BCUT2D eigenvalue weighted by Crippen LogP contribution is 2.38. The summed E-state index contributed by atoms with van der Waals surface area (Å²) >= 11 is 0. The average Bonchev–Trinajstić information content (AvgIpc) is 2.96. The first kappa shape index (κ1) is 12.2. The van der Waals surface area contributed by atoms with Gasteiger partial charge in [-0.1, -0.05) is 0 Å². The number of aromatic amines is 1. The van der Waals surface area contributed by atoms with Crippen molar-refractivity contribution in [2.24, 2.45) is 0 Å². The molecule has 2 aliphatic rings. The lowest BCUT2D eigenvalue weighted by Gasteiger charge is -2.14. The fourth-order valence-corrected chi connectivity index (χ4v) is 2.38. The van der Waals surface area contributed by atoms with E-state index in [4.69, 9.17) is 0 Å². The van der Waals surface area contributed by atoms with Gasteiger partial charge in [-0.15, -0.1) is 0 Å². The maximum atomic E-state index is 11.9. The summed E-state index contributed by atoms with van der Waals surface area (Å²) < 4.78 is 0. The minimum Gasteiger partial charge on any atom is -0.342 e. The highest BCUT2D eigenvalue weighted by molar-refractivity contribution is 5.95. The fraction of sp³-hybridized carbons (Fsp3) is 0.615. The molecule has 19 heavy (non-hydrogen) atoms. The Kier molecular flexibility index (Phi) is 3.23. The van der Waals surface area contributed by atoms with Gasteiger partial charge >= 0.3 is 0 Å². The molecule has 1 saturated carbocycles. The second-order valence-electron chi connectivity index (χ2n) is 5.25. The first-order chi connectivity index (χ1) is 9.24. The molecule has 0 atom stereocenters.